The van der Waals surface area contributed by atoms with Crippen molar-refractivity contribution in [3.8, 4) is 11.5 Å². The van der Waals surface area contributed by atoms with E-state index in [0.717, 1.165) is 11.6 Å². The Bertz CT molecular complexity index is 578. The second-order valence-electron chi connectivity index (χ2n) is 4.36. The average Bonchev–Trinajstić information content (AvgIpc) is 2.44. The third-order valence-electron chi connectivity index (χ3n) is 2.85. The molecule has 0 saturated carbocycles. The van der Waals surface area contributed by atoms with Crippen LogP contribution in [0.1, 0.15) is 22.0 Å². The van der Waals surface area contributed by atoms with Crippen LogP contribution in [0.2, 0.25) is 0 Å². The lowest BCUT2D eigenvalue weighted by atomic mass is 10.1. The maximum atomic E-state index is 12.0. The molecule has 0 aliphatic carbocycles. The molecule has 2 aromatic rings. The summed E-state index contributed by atoms with van der Waals surface area (Å²) in [6, 6.07) is 12.1. The summed E-state index contributed by atoms with van der Waals surface area (Å²) in [5.74, 6) is -0.884. The molecule has 1 amide bonds. The average molecular weight is 273 g/mol. The molecule has 0 spiro atoms. The van der Waals surface area contributed by atoms with Gasteiger partial charge >= 0.3 is 0 Å². The Balaban J connectivity index is 2.17. The fourth-order valence-electron chi connectivity index (χ4n) is 1.89. The number of benzene rings is 2. The molecule has 20 heavy (non-hydrogen) atoms. The van der Waals surface area contributed by atoms with Gasteiger partial charge in [-0.3, -0.25) is 4.79 Å². The number of phenols is 2. The van der Waals surface area contributed by atoms with Crippen molar-refractivity contribution >= 4 is 5.91 Å². The largest absolute Gasteiger partial charge is 0.508 e. The standard InChI is InChI=1S/C15H15NO4/c17-9-14(10-4-2-1-3-5-10)16-15(20)11-6-12(18)8-13(19)7-11/h1-8,14,17-19H,9H2,(H,16,20). The number of rotatable bonds is 4. The summed E-state index contributed by atoms with van der Waals surface area (Å²) < 4.78 is 0. The van der Waals surface area contributed by atoms with E-state index >= 15 is 0 Å². The molecular formula is C15H15NO4. The van der Waals surface area contributed by atoms with Gasteiger partial charge in [-0.2, -0.15) is 0 Å². The normalized spacial score (nSPS) is 11.8. The SMILES string of the molecule is O=C(NC(CO)c1ccccc1)c1cc(O)cc(O)c1. The summed E-state index contributed by atoms with van der Waals surface area (Å²) in [4.78, 5) is 12.0. The van der Waals surface area contributed by atoms with Crippen molar-refractivity contribution in [2.45, 2.75) is 6.04 Å². The number of carbonyl (C=O) groups is 1. The molecule has 0 saturated heterocycles. The van der Waals surface area contributed by atoms with Gasteiger partial charge in [0, 0.05) is 11.6 Å². The Hall–Kier alpha value is -2.53. The van der Waals surface area contributed by atoms with Crippen molar-refractivity contribution in [1.29, 1.82) is 0 Å². The summed E-state index contributed by atoms with van der Waals surface area (Å²) in [7, 11) is 0. The van der Waals surface area contributed by atoms with Gasteiger partial charge in [0.05, 0.1) is 12.6 Å². The summed E-state index contributed by atoms with van der Waals surface area (Å²) in [5.41, 5.74) is 0.893. The van der Waals surface area contributed by atoms with Gasteiger partial charge in [-0.1, -0.05) is 30.3 Å². The molecule has 0 heterocycles. The fraction of sp³-hybridized carbons (Fsp3) is 0.133. The minimum atomic E-state index is -0.548. The van der Waals surface area contributed by atoms with E-state index in [9.17, 15) is 20.1 Å². The molecule has 0 aromatic heterocycles. The lowest BCUT2D eigenvalue weighted by Gasteiger charge is -2.16. The first-order valence-corrected chi connectivity index (χ1v) is 6.10. The molecule has 0 aliphatic rings. The predicted molar refractivity (Wildman–Crippen MR) is 73.5 cm³/mol. The second kappa shape index (κ2) is 6.08. The van der Waals surface area contributed by atoms with Crippen LogP contribution in [-0.4, -0.2) is 27.8 Å². The molecule has 5 nitrogen and oxygen atoms in total. The minimum Gasteiger partial charge on any atom is -0.508 e. The van der Waals surface area contributed by atoms with E-state index in [4.69, 9.17) is 0 Å². The molecule has 4 N–H and O–H groups in total. The highest BCUT2D eigenvalue weighted by atomic mass is 16.3. The van der Waals surface area contributed by atoms with Gasteiger partial charge in [0.1, 0.15) is 11.5 Å². The van der Waals surface area contributed by atoms with E-state index in [1.165, 1.54) is 12.1 Å². The maximum absolute atomic E-state index is 12.0. The van der Waals surface area contributed by atoms with Gasteiger partial charge in [0.25, 0.3) is 5.91 Å². The zero-order chi connectivity index (χ0) is 14.5. The first-order valence-electron chi connectivity index (χ1n) is 6.10. The van der Waals surface area contributed by atoms with E-state index in [2.05, 4.69) is 5.32 Å². The van der Waals surface area contributed by atoms with Crippen LogP contribution in [-0.2, 0) is 0 Å². The third kappa shape index (κ3) is 3.27. The molecule has 0 aliphatic heterocycles. The summed E-state index contributed by atoms with van der Waals surface area (Å²) in [6.07, 6.45) is 0. The van der Waals surface area contributed by atoms with E-state index in [1.807, 2.05) is 18.2 Å². The van der Waals surface area contributed by atoms with Crippen LogP contribution in [0.5, 0.6) is 11.5 Å². The number of nitrogens with one attached hydrogen (secondary N) is 1. The molecule has 0 fully saturated rings. The molecule has 5 heteroatoms. The summed E-state index contributed by atoms with van der Waals surface area (Å²) in [6.45, 7) is -0.249. The van der Waals surface area contributed by atoms with E-state index in [0.29, 0.717) is 0 Å². The Morgan fingerprint density at radius 1 is 1.05 bits per heavy atom. The molecule has 1 unspecified atom stereocenters. The highest BCUT2D eigenvalue weighted by Crippen LogP contribution is 2.21. The zero-order valence-corrected chi connectivity index (χ0v) is 10.7. The minimum absolute atomic E-state index is 0.122. The summed E-state index contributed by atoms with van der Waals surface area (Å²) >= 11 is 0. The number of hydrogen-bond acceptors (Lipinski definition) is 4. The van der Waals surface area contributed by atoms with Gasteiger partial charge in [0.2, 0.25) is 0 Å². The molecule has 2 rings (SSSR count). The molecular weight excluding hydrogens is 258 g/mol. The van der Waals surface area contributed by atoms with Crippen LogP contribution in [0, 0.1) is 0 Å². The van der Waals surface area contributed by atoms with E-state index < -0.39 is 11.9 Å². The smallest absolute Gasteiger partial charge is 0.252 e. The molecule has 104 valence electrons. The van der Waals surface area contributed by atoms with Crippen molar-refractivity contribution < 1.29 is 20.1 Å². The fourth-order valence-corrected chi connectivity index (χ4v) is 1.89. The molecule has 0 radical (unpaired) electrons. The number of aromatic hydroxyl groups is 2. The second-order valence-corrected chi connectivity index (χ2v) is 4.36. The maximum Gasteiger partial charge on any atom is 0.252 e. The number of amides is 1. The number of aliphatic hydroxyl groups excluding tert-OH is 1. The van der Waals surface area contributed by atoms with Crippen LogP contribution in [0.4, 0.5) is 0 Å². The lowest BCUT2D eigenvalue weighted by molar-refractivity contribution is 0.0915. The van der Waals surface area contributed by atoms with Crippen LogP contribution < -0.4 is 5.32 Å². The quantitative estimate of drug-likeness (QED) is 0.680. The first kappa shape index (κ1) is 13.9. The number of aliphatic hydroxyl groups is 1. The van der Waals surface area contributed by atoms with Crippen molar-refractivity contribution in [2.24, 2.45) is 0 Å². The predicted octanol–water partition coefficient (Wildman–Crippen LogP) is 1.56. The Morgan fingerprint density at radius 3 is 2.20 bits per heavy atom. The Labute approximate surface area is 116 Å². The van der Waals surface area contributed by atoms with Crippen LogP contribution in [0.15, 0.2) is 48.5 Å². The van der Waals surface area contributed by atoms with Gasteiger partial charge in [-0.25, -0.2) is 0 Å². The van der Waals surface area contributed by atoms with Gasteiger partial charge < -0.3 is 20.6 Å². The van der Waals surface area contributed by atoms with Gasteiger partial charge in [0.15, 0.2) is 0 Å². The first-order chi connectivity index (χ1) is 9.60. The Kier molecular flexibility index (Phi) is 4.22. The van der Waals surface area contributed by atoms with Gasteiger partial charge in [-0.15, -0.1) is 0 Å². The van der Waals surface area contributed by atoms with E-state index in [1.54, 1.807) is 12.1 Å². The third-order valence-corrected chi connectivity index (χ3v) is 2.85. The van der Waals surface area contributed by atoms with Crippen LogP contribution in [0.25, 0.3) is 0 Å². The highest BCUT2D eigenvalue weighted by Gasteiger charge is 2.15. The summed E-state index contributed by atoms with van der Waals surface area (Å²) in [5, 5.41) is 30.7. The number of carbonyl (C=O) groups excluding carboxylic acids is 1. The number of phenolic OH excluding ortho intramolecular Hbond substituents is 2. The molecule has 2 aromatic carbocycles. The molecule has 1 atom stereocenters. The highest BCUT2D eigenvalue weighted by molar-refractivity contribution is 5.95. The lowest BCUT2D eigenvalue weighted by Crippen LogP contribution is -2.30. The topological polar surface area (TPSA) is 89.8 Å². The number of hydrogen-bond donors (Lipinski definition) is 4. The van der Waals surface area contributed by atoms with Gasteiger partial charge in [-0.05, 0) is 17.7 Å². The van der Waals surface area contributed by atoms with E-state index in [-0.39, 0.29) is 23.7 Å². The van der Waals surface area contributed by atoms with Crippen molar-refractivity contribution in [1.82, 2.24) is 5.32 Å². The molecule has 0 bridgehead atoms. The van der Waals surface area contributed by atoms with Crippen LogP contribution in [0.3, 0.4) is 0 Å². The zero-order valence-electron chi connectivity index (χ0n) is 10.7. The van der Waals surface area contributed by atoms with Crippen molar-refractivity contribution in [2.75, 3.05) is 6.61 Å². The Morgan fingerprint density at radius 2 is 1.65 bits per heavy atom. The monoisotopic (exact) mass is 273 g/mol. The van der Waals surface area contributed by atoms with Crippen molar-refractivity contribution in [3.63, 3.8) is 0 Å². The van der Waals surface area contributed by atoms with Crippen molar-refractivity contribution in [3.05, 3.63) is 59.7 Å². The van der Waals surface area contributed by atoms with Crippen LogP contribution >= 0.6 is 0 Å².